The van der Waals surface area contributed by atoms with Crippen LogP contribution in [0.15, 0.2) is 30.3 Å². The second-order valence-electron chi connectivity index (χ2n) is 5.41. The zero-order valence-corrected chi connectivity index (χ0v) is 15.1. The van der Waals surface area contributed by atoms with Crippen LogP contribution in [-0.2, 0) is 4.74 Å². The van der Waals surface area contributed by atoms with Gasteiger partial charge in [0.1, 0.15) is 4.83 Å². The van der Waals surface area contributed by atoms with Gasteiger partial charge in [-0.3, -0.25) is 4.79 Å². The van der Waals surface area contributed by atoms with Gasteiger partial charge in [0.05, 0.1) is 16.3 Å². The molecule has 2 aromatic heterocycles. The molecule has 0 saturated heterocycles. The molecular weight excluding hydrogens is 346 g/mol. The van der Waals surface area contributed by atoms with Crippen LogP contribution in [0.4, 0.5) is 0 Å². The maximum absolute atomic E-state index is 12.3. The summed E-state index contributed by atoms with van der Waals surface area (Å²) in [6.45, 7) is 3.17. The van der Waals surface area contributed by atoms with Crippen LogP contribution in [0.5, 0.6) is 0 Å². The summed E-state index contributed by atoms with van der Waals surface area (Å²) in [4.78, 5) is 13.9. The van der Waals surface area contributed by atoms with Crippen LogP contribution in [0.25, 0.3) is 15.9 Å². The molecule has 0 fully saturated rings. The van der Waals surface area contributed by atoms with Crippen LogP contribution >= 0.6 is 22.9 Å². The summed E-state index contributed by atoms with van der Waals surface area (Å²) >= 11 is 7.51. The molecular formula is C17H18ClN3O2S. The van der Waals surface area contributed by atoms with Crippen LogP contribution in [0.3, 0.4) is 0 Å². The molecule has 0 aliphatic heterocycles. The number of carbonyl (C=O) groups excluding carboxylic acids is 1. The Morgan fingerprint density at radius 2 is 2.25 bits per heavy atom. The second kappa shape index (κ2) is 7.34. The molecule has 1 aromatic carbocycles. The number of thiophene rings is 1. The van der Waals surface area contributed by atoms with E-state index in [0.717, 1.165) is 28.0 Å². The number of amides is 1. The molecule has 0 aliphatic rings. The fourth-order valence-electron chi connectivity index (χ4n) is 2.45. The molecule has 0 unspecified atom stereocenters. The highest BCUT2D eigenvalue weighted by Gasteiger charge is 2.17. The molecule has 0 bridgehead atoms. The summed E-state index contributed by atoms with van der Waals surface area (Å²) in [7, 11) is 1.65. The summed E-state index contributed by atoms with van der Waals surface area (Å²) < 4.78 is 6.82. The topological polar surface area (TPSA) is 56.1 Å². The maximum Gasteiger partial charge on any atom is 0.261 e. The van der Waals surface area contributed by atoms with E-state index in [1.165, 1.54) is 11.3 Å². The Balaban J connectivity index is 1.88. The van der Waals surface area contributed by atoms with Crippen LogP contribution in [-0.4, -0.2) is 35.9 Å². The predicted octanol–water partition coefficient (Wildman–Crippen LogP) is 3.82. The van der Waals surface area contributed by atoms with Crippen LogP contribution in [0, 0.1) is 6.92 Å². The normalized spacial score (nSPS) is 11.1. The Morgan fingerprint density at radius 1 is 1.42 bits per heavy atom. The Labute approximate surface area is 149 Å². The largest absolute Gasteiger partial charge is 0.385 e. The van der Waals surface area contributed by atoms with Crippen molar-refractivity contribution in [3.05, 3.63) is 45.9 Å². The average Bonchev–Trinajstić information content (AvgIpc) is 3.12. The Bertz CT molecular complexity index is 872. The van der Waals surface area contributed by atoms with Crippen molar-refractivity contribution in [2.45, 2.75) is 13.3 Å². The number of hydrogen-bond donors (Lipinski definition) is 1. The number of ether oxygens (including phenoxy) is 1. The zero-order valence-electron chi connectivity index (χ0n) is 13.5. The van der Waals surface area contributed by atoms with Crippen molar-refractivity contribution in [2.75, 3.05) is 20.3 Å². The van der Waals surface area contributed by atoms with Crippen LogP contribution in [0.2, 0.25) is 5.02 Å². The van der Waals surface area contributed by atoms with E-state index in [-0.39, 0.29) is 5.91 Å². The maximum atomic E-state index is 12.3. The Hall–Kier alpha value is -1.89. The van der Waals surface area contributed by atoms with E-state index >= 15 is 0 Å². The summed E-state index contributed by atoms with van der Waals surface area (Å²) in [6.07, 6.45) is 0.794. The van der Waals surface area contributed by atoms with Gasteiger partial charge in [0.2, 0.25) is 0 Å². The van der Waals surface area contributed by atoms with Gasteiger partial charge in [-0.25, -0.2) is 4.68 Å². The molecule has 1 N–H and O–H groups in total. The number of nitrogens with one attached hydrogen (secondary N) is 1. The third kappa shape index (κ3) is 3.45. The monoisotopic (exact) mass is 363 g/mol. The van der Waals surface area contributed by atoms with E-state index < -0.39 is 0 Å². The highest BCUT2D eigenvalue weighted by atomic mass is 35.5. The average molecular weight is 364 g/mol. The Kier molecular flexibility index (Phi) is 5.18. The molecule has 3 aromatic rings. The third-order valence-corrected chi connectivity index (χ3v) is 4.98. The number of nitrogens with zero attached hydrogens (tertiary/aromatic N) is 2. The summed E-state index contributed by atoms with van der Waals surface area (Å²) in [6, 6.07) is 9.41. The molecule has 5 nitrogen and oxygen atoms in total. The second-order valence-corrected chi connectivity index (χ2v) is 6.88. The molecule has 1 amide bonds. The van der Waals surface area contributed by atoms with Gasteiger partial charge in [0.25, 0.3) is 5.91 Å². The first-order chi connectivity index (χ1) is 11.6. The molecule has 7 heteroatoms. The fourth-order valence-corrected chi connectivity index (χ4v) is 3.73. The molecule has 3 rings (SSSR count). The van der Waals surface area contributed by atoms with E-state index in [9.17, 15) is 4.79 Å². The van der Waals surface area contributed by atoms with Gasteiger partial charge in [0.15, 0.2) is 0 Å². The van der Waals surface area contributed by atoms with Gasteiger partial charge in [-0.2, -0.15) is 5.10 Å². The number of hydrogen-bond acceptors (Lipinski definition) is 4. The summed E-state index contributed by atoms with van der Waals surface area (Å²) in [5.41, 5.74) is 1.77. The minimum Gasteiger partial charge on any atom is -0.385 e. The first kappa shape index (κ1) is 17.0. The van der Waals surface area contributed by atoms with Crippen molar-refractivity contribution in [2.24, 2.45) is 0 Å². The van der Waals surface area contributed by atoms with Crippen molar-refractivity contribution < 1.29 is 9.53 Å². The highest BCUT2D eigenvalue weighted by molar-refractivity contribution is 7.20. The molecule has 2 heterocycles. The number of halogens is 1. The molecule has 0 aliphatic carbocycles. The number of fused-ring (bicyclic) bond motifs is 1. The van der Waals surface area contributed by atoms with Gasteiger partial charge in [-0.1, -0.05) is 17.7 Å². The van der Waals surface area contributed by atoms with Gasteiger partial charge in [-0.15, -0.1) is 11.3 Å². The molecule has 24 heavy (non-hydrogen) atoms. The van der Waals surface area contributed by atoms with Crippen molar-refractivity contribution in [1.29, 1.82) is 0 Å². The number of methoxy groups -OCH3 is 1. The minimum absolute atomic E-state index is 0.0654. The summed E-state index contributed by atoms with van der Waals surface area (Å²) in [5, 5.41) is 9.12. The van der Waals surface area contributed by atoms with Gasteiger partial charge >= 0.3 is 0 Å². The SMILES string of the molecule is COCCCNC(=O)c1cc2c(C)nn(-c3cccc(Cl)c3)c2s1. The van der Waals surface area contributed by atoms with Crippen LogP contribution in [0.1, 0.15) is 21.8 Å². The molecule has 0 radical (unpaired) electrons. The standard InChI is InChI=1S/C17H18ClN3O2S/c1-11-14-10-15(16(22)19-7-4-8-23-2)24-17(14)21(20-11)13-6-3-5-12(18)9-13/h3,5-6,9-10H,4,7-8H2,1-2H3,(H,19,22). The number of benzene rings is 1. The van der Waals surface area contributed by atoms with Crippen molar-refractivity contribution >= 4 is 39.1 Å². The lowest BCUT2D eigenvalue weighted by molar-refractivity contribution is 0.0952. The quantitative estimate of drug-likeness (QED) is 0.677. The lowest BCUT2D eigenvalue weighted by atomic mass is 10.3. The van der Waals surface area contributed by atoms with E-state index in [1.807, 2.05) is 41.9 Å². The lowest BCUT2D eigenvalue weighted by Gasteiger charge is -2.03. The molecule has 0 saturated carbocycles. The Morgan fingerprint density at radius 3 is 3.00 bits per heavy atom. The zero-order chi connectivity index (χ0) is 17.1. The smallest absolute Gasteiger partial charge is 0.261 e. The minimum atomic E-state index is -0.0654. The van der Waals surface area contributed by atoms with Crippen molar-refractivity contribution in [3.8, 4) is 5.69 Å². The van der Waals surface area contributed by atoms with E-state index in [2.05, 4.69) is 10.4 Å². The predicted molar refractivity (Wildman–Crippen MR) is 97.5 cm³/mol. The summed E-state index contributed by atoms with van der Waals surface area (Å²) in [5.74, 6) is -0.0654. The van der Waals surface area contributed by atoms with E-state index in [1.54, 1.807) is 7.11 Å². The highest BCUT2D eigenvalue weighted by Crippen LogP contribution is 2.30. The van der Waals surface area contributed by atoms with Gasteiger partial charge < -0.3 is 10.1 Å². The third-order valence-electron chi connectivity index (χ3n) is 3.63. The van der Waals surface area contributed by atoms with Crippen LogP contribution < -0.4 is 5.32 Å². The molecule has 0 atom stereocenters. The molecule has 126 valence electrons. The number of rotatable bonds is 6. The lowest BCUT2D eigenvalue weighted by Crippen LogP contribution is -2.24. The first-order valence-corrected chi connectivity index (χ1v) is 8.82. The molecule has 0 spiro atoms. The first-order valence-electron chi connectivity index (χ1n) is 7.62. The van der Waals surface area contributed by atoms with E-state index in [4.69, 9.17) is 16.3 Å². The fraction of sp³-hybridized carbons (Fsp3) is 0.294. The number of aromatic nitrogens is 2. The van der Waals surface area contributed by atoms with Crippen molar-refractivity contribution in [3.63, 3.8) is 0 Å². The van der Waals surface area contributed by atoms with Gasteiger partial charge in [-0.05, 0) is 37.6 Å². The van der Waals surface area contributed by atoms with Gasteiger partial charge in [0, 0.05) is 30.7 Å². The van der Waals surface area contributed by atoms with E-state index in [0.29, 0.717) is 23.1 Å². The number of carbonyl (C=O) groups is 1. The number of aryl methyl sites for hydroxylation is 1. The van der Waals surface area contributed by atoms with Crippen molar-refractivity contribution in [1.82, 2.24) is 15.1 Å².